The minimum absolute atomic E-state index is 1.00. The molecule has 1 rings (SSSR count). The standard InChI is InChI=1S/C13H24/c1-2-13-11-9-7-5-3-4-6-8-10-12-13/h5,7,13H,2-4,6,8-12H2,1H3. The van der Waals surface area contributed by atoms with Crippen molar-refractivity contribution in [2.24, 2.45) is 5.92 Å². The smallest absolute Gasteiger partial charge is 0.0348 e. The Hall–Kier alpha value is -0.260. The third kappa shape index (κ3) is 5.13. The van der Waals surface area contributed by atoms with Crippen LogP contribution < -0.4 is 0 Å². The fraction of sp³-hybridized carbons (Fsp3) is 0.846. The Morgan fingerprint density at radius 3 is 2.54 bits per heavy atom. The third-order valence-corrected chi connectivity index (χ3v) is 3.22. The predicted octanol–water partition coefficient (Wildman–Crippen LogP) is 4.70. The fourth-order valence-corrected chi connectivity index (χ4v) is 2.17. The van der Waals surface area contributed by atoms with Gasteiger partial charge in [-0.05, 0) is 31.6 Å². The quantitative estimate of drug-likeness (QED) is 0.513. The van der Waals surface area contributed by atoms with Crippen LogP contribution in [0.5, 0.6) is 0 Å². The van der Waals surface area contributed by atoms with Gasteiger partial charge in [-0.2, -0.15) is 0 Å². The molecule has 0 spiro atoms. The van der Waals surface area contributed by atoms with Gasteiger partial charge in [-0.3, -0.25) is 0 Å². The van der Waals surface area contributed by atoms with Crippen LogP contribution in [-0.4, -0.2) is 0 Å². The van der Waals surface area contributed by atoms with Gasteiger partial charge in [0.2, 0.25) is 0 Å². The summed E-state index contributed by atoms with van der Waals surface area (Å²) in [4.78, 5) is 0. The van der Waals surface area contributed by atoms with Gasteiger partial charge in [-0.1, -0.05) is 51.2 Å². The molecule has 1 aliphatic carbocycles. The van der Waals surface area contributed by atoms with Crippen molar-refractivity contribution >= 4 is 0 Å². The summed E-state index contributed by atoms with van der Waals surface area (Å²) >= 11 is 0. The van der Waals surface area contributed by atoms with Gasteiger partial charge in [-0.15, -0.1) is 0 Å². The monoisotopic (exact) mass is 180 g/mol. The number of hydrogen-bond donors (Lipinski definition) is 0. The maximum absolute atomic E-state index is 2.40. The van der Waals surface area contributed by atoms with E-state index in [0.29, 0.717) is 0 Å². The van der Waals surface area contributed by atoms with Crippen LogP contribution >= 0.6 is 0 Å². The van der Waals surface area contributed by atoms with Gasteiger partial charge in [0.05, 0.1) is 0 Å². The van der Waals surface area contributed by atoms with E-state index >= 15 is 0 Å². The second-order valence-electron chi connectivity index (χ2n) is 4.31. The van der Waals surface area contributed by atoms with Crippen LogP contribution in [0.15, 0.2) is 12.2 Å². The molecule has 1 aliphatic rings. The highest BCUT2D eigenvalue weighted by Crippen LogP contribution is 2.20. The summed E-state index contributed by atoms with van der Waals surface area (Å²) in [5, 5.41) is 0. The van der Waals surface area contributed by atoms with E-state index in [0.717, 1.165) is 5.92 Å². The van der Waals surface area contributed by atoms with E-state index in [9.17, 15) is 0 Å². The summed E-state index contributed by atoms with van der Waals surface area (Å²) in [6, 6.07) is 0. The van der Waals surface area contributed by atoms with E-state index in [1.54, 1.807) is 0 Å². The molecule has 76 valence electrons. The highest BCUT2D eigenvalue weighted by atomic mass is 14.1. The number of allylic oxidation sites excluding steroid dienone is 2. The topological polar surface area (TPSA) is 0 Å². The average Bonchev–Trinajstić information content (AvgIpc) is 2.22. The van der Waals surface area contributed by atoms with Crippen LogP contribution in [-0.2, 0) is 0 Å². The minimum Gasteiger partial charge on any atom is -0.0885 e. The molecule has 0 heterocycles. The first kappa shape index (κ1) is 10.8. The summed E-state index contributed by atoms with van der Waals surface area (Å²) in [5.41, 5.74) is 0. The van der Waals surface area contributed by atoms with Crippen molar-refractivity contribution in [1.82, 2.24) is 0 Å². The van der Waals surface area contributed by atoms with Crippen molar-refractivity contribution in [2.75, 3.05) is 0 Å². The van der Waals surface area contributed by atoms with Gasteiger partial charge in [0.25, 0.3) is 0 Å². The van der Waals surface area contributed by atoms with Gasteiger partial charge in [0, 0.05) is 0 Å². The molecule has 0 N–H and O–H groups in total. The molecule has 1 unspecified atom stereocenters. The Morgan fingerprint density at radius 2 is 1.69 bits per heavy atom. The third-order valence-electron chi connectivity index (χ3n) is 3.22. The summed E-state index contributed by atoms with van der Waals surface area (Å²) < 4.78 is 0. The Bertz CT molecular complexity index is 135. The lowest BCUT2D eigenvalue weighted by Gasteiger charge is -2.12. The van der Waals surface area contributed by atoms with E-state index in [1.165, 1.54) is 57.8 Å². The van der Waals surface area contributed by atoms with Crippen molar-refractivity contribution < 1.29 is 0 Å². The van der Waals surface area contributed by atoms with Crippen molar-refractivity contribution in [3.8, 4) is 0 Å². The second-order valence-corrected chi connectivity index (χ2v) is 4.31. The highest BCUT2D eigenvalue weighted by Gasteiger charge is 2.05. The molecule has 0 nitrogen and oxygen atoms in total. The molecule has 0 aliphatic heterocycles. The van der Waals surface area contributed by atoms with Crippen LogP contribution in [0.3, 0.4) is 0 Å². The minimum atomic E-state index is 1.00. The normalized spacial score (nSPS) is 26.7. The van der Waals surface area contributed by atoms with E-state index in [4.69, 9.17) is 0 Å². The zero-order chi connectivity index (χ0) is 9.36. The molecule has 0 aromatic carbocycles. The lowest BCUT2D eigenvalue weighted by molar-refractivity contribution is 0.418. The second kappa shape index (κ2) is 7.17. The molecule has 0 fully saturated rings. The van der Waals surface area contributed by atoms with E-state index in [2.05, 4.69) is 19.1 Å². The molecular formula is C13H24. The fourth-order valence-electron chi connectivity index (χ4n) is 2.17. The number of rotatable bonds is 1. The van der Waals surface area contributed by atoms with Crippen molar-refractivity contribution in [1.29, 1.82) is 0 Å². The average molecular weight is 180 g/mol. The molecular weight excluding hydrogens is 156 g/mol. The lowest BCUT2D eigenvalue weighted by Crippen LogP contribution is -1.97. The van der Waals surface area contributed by atoms with Crippen molar-refractivity contribution in [2.45, 2.75) is 64.7 Å². The molecule has 0 aromatic rings. The Morgan fingerprint density at radius 1 is 0.923 bits per heavy atom. The molecule has 0 radical (unpaired) electrons. The Balaban J connectivity index is 2.27. The molecule has 0 heteroatoms. The van der Waals surface area contributed by atoms with Gasteiger partial charge < -0.3 is 0 Å². The Labute approximate surface area is 83.4 Å². The van der Waals surface area contributed by atoms with Crippen LogP contribution in [0, 0.1) is 5.92 Å². The SMILES string of the molecule is CCC1CCC=CCCCCCC1. The maximum atomic E-state index is 2.40. The van der Waals surface area contributed by atoms with E-state index in [-0.39, 0.29) is 0 Å². The zero-order valence-corrected chi connectivity index (χ0v) is 9.10. The summed E-state index contributed by atoms with van der Waals surface area (Å²) in [7, 11) is 0. The summed E-state index contributed by atoms with van der Waals surface area (Å²) in [6.07, 6.45) is 17.5. The van der Waals surface area contributed by atoms with Gasteiger partial charge in [0.15, 0.2) is 0 Å². The van der Waals surface area contributed by atoms with Gasteiger partial charge in [0.1, 0.15) is 0 Å². The van der Waals surface area contributed by atoms with Gasteiger partial charge in [-0.25, -0.2) is 0 Å². The Kier molecular flexibility index (Phi) is 5.97. The van der Waals surface area contributed by atoms with E-state index < -0.39 is 0 Å². The maximum Gasteiger partial charge on any atom is -0.0348 e. The van der Waals surface area contributed by atoms with Crippen molar-refractivity contribution in [3.05, 3.63) is 12.2 Å². The lowest BCUT2D eigenvalue weighted by atomic mass is 9.94. The molecule has 0 saturated carbocycles. The zero-order valence-electron chi connectivity index (χ0n) is 9.10. The molecule has 0 amide bonds. The molecule has 1 atom stereocenters. The first-order valence-electron chi connectivity index (χ1n) is 6.08. The van der Waals surface area contributed by atoms with Gasteiger partial charge >= 0.3 is 0 Å². The first-order valence-corrected chi connectivity index (χ1v) is 6.08. The summed E-state index contributed by atoms with van der Waals surface area (Å²) in [5.74, 6) is 1.00. The largest absolute Gasteiger partial charge is 0.0885 e. The van der Waals surface area contributed by atoms with Crippen LogP contribution in [0.1, 0.15) is 64.7 Å². The van der Waals surface area contributed by atoms with E-state index in [1.807, 2.05) is 0 Å². The van der Waals surface area contributed by atoms with Crippen LogP contribution in [0.25, 0.3) is 0 Å². The van der Waals surface area contributed by atoms with Crippen molar-refractivity contribution in [3.63, 3.8) is 0 Å². The highest BCUT2D eigenvalue weighted by molar-refractivity contribution is 4.82. The predicted molar refractivity (Wildman–Crippen MR) is 59.9 cm³/mol. The molecule has 0 saturated heterocycles. The molecule has 0 bridgehead atoms. The molecule has 0 aromatic heterocycles. The number of hydrogen-bond acceptors (Lipinski definition) is 0. The summed E-state index contributed by atoms with van der Waals surface area (Å²) in [6.45, 7) is 2.34. The van der Waals surface area contributed by atoms with Crippen LogP contribution in [0.4, 0.5) is 0 Å². The van der Waals surface area contributed by atoms with Crippen LogP contribution in [0.2, 0.25) is 0 Å². The molecule has 13 heavy (non-hydrogen) atoms. The first-order chi connectivity index (χ1) is 6.43.